The van der Waals surface area contributed by atoms with Gasteiger partial charge in [0, 0.05) is 24.2 Å². The Hall–Kier alpha value is -0.450. The first-order valence-corrected chi connectivity index (χ1v) is 9.70. The number of hydrogen-bond donors (Lipinski definition) is 1. The fourth-order valence-corrected chi connectivity index (χ4v) is 7.04. The van der Waals surface area contributed by atoms with E-state index in [0.29, 0.717) is 18.8 Å². The second-order valence-electron chi connectivity index (χ2n) is 9.79. The molecule has 0 amide bonds. The first-order valence-electron chi connectivity index (χ1n) is 9.70. The predicted octanol–water partition coefficient (Wildman–Crippen LogP) is 3.45. The molecule has 0 unspecified atom stereocenters. The molecule has 2 heterocycles. The zero-order valence-electron chi connectivity index (χ0n) is 15.6. The molecule has 0 aromatic carbocycles. The number of ketones is 1. The van der Waals surface area contributed by atoms with E-state index in [0.717, 1.165) is 38.5 Å². The standard InChI is InChI=1S/C20H32O4/c1-13-12-14(21)15-17(2,3)6-5-7-18(15,4)20(13)9-8-19(24-20)10-11-23-16(19)22/h13,15-16,22H,5-12H2,1-4H3/t13-,15+,16-,18+,19-,20-/m1/s1. The molecule has 2 aliphatic carbocycles. The van der Waals surface area contributed by atoms with Crippen molar-refractivity contribution in [2.24, 2.45) is 22.7 Å². The van der Waals surface area contributed by atoms with E-state index >= 15 is 0 Å². The maximum atomic E-state index is 13.0. The largest absolute Gasteiger partial charge is 0.366 e. The molecule has 4 nitrogen and oxygen atoms in total. The Kier molecular flexibility index (Phi) is 3.57. The van der Waals surface area contributed by atoms with Gasteiger partial charge in [0.15, 0.2) is 6.29 Å². The van der Waals surface area contributed by atoms with Crippen molar-refractivity contribution in [3.05, 3.63) is 0 Å². The second kappa shape index (κ2) is 5.05. The number of hydrogen-bond acceptors (Lipinski definition) is 4. The van der Waals surface area contributed by atoms with Crippen molar-refractivity contribution in [2.45, 2.75) is 90.1 Å². The number of rotatable bonds is 0. The normalized spacial score (nSPS) is 53.7. The van der Waals surface area contributed by atoms with Gasteiger partial charge in [-0.3, -0.25) is 4.79 Å². The lowest BCUT2D eigenvalue weighted by Gasteiger charge is -2.62. The average molecular weight is 336 g/mol. The molecule has 0 aromatic rings. The van der Waals surface area contributed by atoms with Crippen molar-refractivity contribution in [2.75, 3.05) is 6.61 Å². The van der Waals surface area contributed by atoms with Crippen LogP contribution in [0.15, 0.2) is 0 Å². The summed E-state index contributed by atoms with van der Waals surface area (Å²) in [5.41, 5.74) is -0.974. The highest BCUT2D eigenvalue weighted by atomic mass is 16.7. The van der Waals surface area contributed by atoms with Crippen LogP contribution in [0.3, 0.4) is 0 Å². The number of fused-ring (bicyclic) bond motifs is 2. The number of aliphatic hydroxyl groups is 1. The molecular weight excluding hydrogens is 304 g/mol. The minimum absolute atomic E-state index is 0.0289. The summed E-state index contributed by atoms with van der Waals surface area (Å²) in [5, 5.41) is 10.4. The van der Waals surface area contributed by atoms with Gasteiger partial charge >= 0.3 is 0 Å². The fourth-order valence-electron chi connectivity index (χ4n) is 7.04. The molecule has 4 heteroatoms. The monoisotopic (exact) mass is 336 g/mol. The molecule has 2 saturated heterocycles. The summed E-state index contributed by atoms with van der Waals surface area (Å²) in [6, 6.07) is 0. The molecular formula is C20H32O4. The Balaban J connectivity index is 1.78. The van der Waals surface area contributed by atoms with Crippen LogP contribution in [0, 0.1) is 22.7 Å². The minimum atomic E-state index is -0.819. The number of carbonyl (C=O) groups is 1. The molecule has 0 aromatic heterocycles. The van der Waals surface area contributed by atoms with Crippen LogP contribution in [-0.2, 0) is 14.3 Å². The maximum absolute atomic E-state index is 13.0. The van der Waals surface area contributed by atoms with Crippen LogP contribution >= 0.6 is 0 Å². The van der Waals surface area contributed by atoms with Crippen LogP contribution in [-0.4, -0.2) is 35.0 Å². The summed E-state index contributed by atoms with van der Waals surface area (Å²) in [4.78, 5) is 13.0. The van der Waals surface area contributed by atoms with Gasteiger partial charge in [0.1, 0.15) is 11.4 Å². The van der Waals surface area contributed by atoms with Crippen molar-refractivity contribution in [1.82, 2.24) is 0 Å². The highest BCUT2D eigenvalue weighted by Gasteiger charge is 2.70. The molecule has 2 saturated carbocycles. The summed E-state index contributed by atoms with van der Waals surface area (Å²) in [6.45, 7) is 9.57. The lowest BCUT2D eigenvalue weighted by Crippen LogP contribution is -2.66. The van der Waals surface area contributed by atoms with Crippen LogP contribution in [0.4, 0.5) is 0 Å². The molecule has 2 spiro atoms. The maximum Gasteiger partial charge on any atom is 0.184 e. The third kappa shape index (κ3) is 1.94. The van der Waals surface area contributed by atoms with Crippen molar-refractivity contribution >= 4 is 5.78 Å². The van der Waals surface area contributed by atoms with Crippen LogP contribution in [0.5, 0.6) is 0 Å². The van der Waals surface area contributed by atoms with E-state index < -0.39 is 11.9 Å². The molecule has 4 fully saturated rings. The summed E-state index contributed by atoms with van der Waals surface area (Å²) in [5.74, 6) is 0.685. The topological polar surface area (TPSA) is 55.8 Å². The smallest absolute Gasteiger partial charge is 0.184 e. The molecule has 1 N–H and O–H groups in total. The Labute approximate surface area is 145 Å². The molecule has 6 atom stereocenters. The number of ether oxygens (including phenoxy) is 2. The number of carbonyl (C=O) groups excluding carboxylic acids is 1. The van der Waals surface area contributed by atoms with Gasteiger partial charge in [0.2, 0.25) is 0 Å². The van der Waals surface area contributed by atoms with E-state index in [2.05, 4.69) is 27.7 Å². The number of aliphatic hydroxyl groups excluding tert-OH is 1. The molecule has 4 rings (SSSR count). The summed E-state index contributed by atoms with van der Waals surface area (Å²) in [7, 11) is 0. The Morgan fingerprint density at radius 1 is 1.08 bits per heavy atom. The predicted molar refractivity (Wildman–Crippen MR) is 90.4 cm³/mol. The van der Waals surface area contributed by atoms with Crippen molar-refractivity contribution in [3.63, 3.8) is 0 Å². The Morgan fingerprint density at radius 2 is 1.83 bits per heavy atom. The van der Waals surface area contributed by atoms with Gasteiger partial charge in [-0.25, -0.2) is 0 Å². The number of Topliss-reactive ketones (excluding diaryl/α,β-unsaturated/α-hetero) is 1. The Bertz CT molecular complexity index is 558. The van der Waals surface area contributed by atoms with Gasteiger partial charge in [-0.1, -0.05) is 34.1 Å². The molecule has 4 aliphatic rings. The van der Waals surface area contributed by atoms with Crippen molar-refractivity contribution in [1.29, 1.82) is 0 Å². The van der Waals surface area contributed by atoms with Crippen LogP contribution < -0.4 is 0 Å². The van der Waals surface area contributed by atoms with E-state index in [4.69, 9.17) is 9.47 Å². The van der Waals surface area contributed by atoms with Gasteiger partial charge in [-0.05, 0) is 37.0 Å². The van der Waals surface area contributed by atoms with E-state index in [1.807, 2.05) is 0 Å². The van der Waals surface area contributed by atoms with Gasteiger partial charge in [-0.15, -0.1) is 0 Å². The molecule has 0 radical (unpaired) electrons. The summed E-state index contributed by atoms with van der Waals surface area (Å²) in [6.07, 6.45) is 5.64. The third-order valence-electron chi connectivity index (χ3n) is 8.08. The highest BCUT2D eigenvalue weighted by molar-refractivity contribution is 5.84. The average Bonchev–Trinajstić information content (AvgIpc) is 3.03. The zero-order valence-corrected chi connectivity index (χ0v) is 15.6. The van der Waals surface area contributed by atoms with Crippen LogP contribution in [0.2, 0.25) is 0 Å². The van der Waals surface area contributed by atoms with E-state index in [9.17, 15) is 9.90 Å². The van der Waals surface area contributed by atoms with Gasteiger partial charge in [-0.2, -0.15) is 0 Å². The molecule has 0 bridgehead atoms. The second-order valence-corrected chi connectivity index (χ2v) is 9.79. The SMILES string of the molecule is C[C@@H]1CC(=O)[C@H]2C(C)(C)CCC[C@]2(C)[C@@]12CC[C@]1(CCO[C@H]1O)O2. The lowest BCUT2D eigenvalue weighted by molar-refractivity contribution is -0.266. The summed E-state index contributed by atoms with van der Waals surface area (Å²) >= 11 is 0. The minimum Gasteiger partial charge on any atom is -0.366 e. The van der Waals surface area contributed by atoms with E-state index in [-0.39, 0.29) is 28.3 Å². The van der Waals surface area contributed by atoms with Crippen LogP contribution in [0.1, 0.15) is 72.6 Å². The van der Waals surface area contributed by atoms with Gasteiger partial charge in [0.25, 0.3) is 0 Å². The Morgan fingerprint density at radius 3 is 2.50 bits per heavy atom. The van der Waals surface area contributed by atoms with Gasteiger partial charge in [0.05, 0.1) is 12.2 Å². The molecule has 24 heavy (non-hydrogen) atoms. The quantitative estimate of drug-likeness (QED) is 0.736. The first kappa shape index (κ1) is 17.0. The molecule has 2 aliphatic heterocycles. The lowest BCUT2D eigenvalue weighted by atomic mass is 9.44. The van der Waals surface area contributed by atoms with E-state index in [1.54, 1.807) is 0 Å². The summed E-state index contributed by atoms with van der Waals surface area (Å²) < 4.78 is 12.3. The van der Waals surface area contributed by atoms with Crippen molar-refractivity contribution in [3.8, 4) is 0 Å². The van der Waals surface area contributed by atoms with E-state index in [1.165, 1.54) is 0 Å². The third-order valence-corrected chi connectivity index (χ3v) is 8.08. The van der Waals surface area contributed by atoms with Crippen molar-refractivity contribution < 1.29 is 19.4 Å². The first-order chi connectivity index (χ1) is 11.2. The fraction of sp³-hybridized carbons (Fsp3) is 0.950. The zero-order chi connectivity index (χ0) is 17.4. The van der Waals surface area contributed by atoms with Gasteiger partial charge < -0.3 is 14.6 Å². The van der Waals surface area contributed by atoms with Crippen LogP contribution in [0.25, 0.3) is 0 Å². The molecule has 136 valence electrons. The highest BCUT2D eigenvalue weighted by Crippen LogP contribution is 2.67.